The molecular weight excluding hydrogens is 174 g/mol. The Kier molecular flexibility index (Phi) is 2.73. The lowest BCUT2D eigenvalue weighted by molar-refractivity contribution is 0.185. The standard InChI is InChI=1S/C12H17NO/c1-2-10-5-3-6-11(9-10)13-8-4-7-12(13)14/h3,5-6,9,12,14H,2,4,7-8H2,1H3. The van der Waals surface area contributed by atoms with Crippen molar-refractivity contribution in [1.29, 1.82) is 0 Å². The van der Waals surface area contributed by atoms with Crippen LogP contribution in [0.5, 0.6) is 0 Å². The molecule has 0 spiro atoms. The zero-order valence-electron chi connectivity index (χ0n) is 8.61. The van der Waals surface area contributed by atoms with Gasteiger partial charge in [-0.05, 0) is 37.0 Å². The van der Waals surface area contributed by atoms with E-state index in [1.54, 1.807) is 0 Å². The number of anilines is 1. The molecule has 76 valence electrons. The van der Waals surface area contributed by atoms with Crippen molar-refractivity contribution in [3.05, 3.63) is 29.8 Å². The molecule has 1 aliphatic heterocycles. The molecule has 0 aromatic heterocycles. The van der Waals surface area contributed by atoms with Gasteiger partial charge in [0.05, 0.1) is 0 Å². The molecule has 0 saturated carbocycles. The van der Waals surface area contributed by atoms with Crippen molar-refractivity contribution in [3.63, 3.8) is 0 Å². The van der Waals surface area contributed by atoms with Gasteiger partial charge in [0.25, 0.3) is 0 Å². The van der Waals surface area contributed by atoms with Crippen molar-refractivity contribution in [2.24, 2.45) is 0 Å². The largest absolute Gasteiger partial charge is 0.374 e. The van der Waals surface area contributed by atoms with Crippen molar-refractivity contribution in [3.8, 4) is 0 Å². The van der Waals surface area contributed by atoms with Crippen LogP contribution < -0.4 is 4.90 Å². The van der Waals surface area contributed by atoms with Crippen LogP contribution in [0.1, 0.15) is 25.3 Å². The first-order valence-electron chi connectivity index (χ1n) is 5.35. The van der Waals surface area contributed by atoms with E-state index in [-0.39, 0.29) is 6.23 Å². The molecule has 2 heteroatoms. The molecule has 2 rings (SSSR count). The molecule has 1 heterocycles. The Morgan fingerprint density at radius 3 is 3.00 bits per heavy atom. The number of benzene rings is 1. The predicted octanol–water partition coefficient (Wildman–Crippen LogP) is 2.17. The smallest absolute Gasteiger partial charge is 0.126 e. The topological polar surface area (TPSA) is 23.5 Å². The van der Waals surface area contributed by atoms with Gasteiger partial charge in [0, 0.05) is 12.2 Å². The maximum Gasteiger partial charge on any atom is 0.126 e. The summed E-state index contributed by atoms with van der Waals surface area (Å²) in [6.07, 6.45) is 2.77. The summed E-state index contributed by atoms with van der Waals surface area (Å²) in [5.74, 6) is 0. The minimum atomic E-state index is -0.276. The zero-order chi connectivity index (χ0) is 9.97. The summed E-state index contributed by atoms with van der Waals surface area (Å²) < 4.78 is 0. The average Bonchev–Trinajstić information content (AvgIpc) is 2.65. The van der Waals surface area contributed by atoms with Crippen LogP contribution in [0.15, 0.2) is 24.3 Å². The SMILES string of the molecule is CCc1cccc(N2CCCC2O)c1. The Hall–Kier alpha value is -1.02. The van der Waals surface area contributed by atoms with Gasteiger partial charge >= 0.3 is 0 Å². The van der Waals surface area contributed by atoms with E-state index in [4.69, 9.17) is 0 Å². The highest BCUT2D eigenvalue weighted by Gasteiger charge is 2.21. The lowest BCUT2D eigenvalue weighted by Crippen LogP contribution is -2.28. The van der Waals surface area contributed by atoms with E-state index < -0.39 is 0 Å². The molecule has 0 aliphatic carbocycles. The maximum atomic E-state index is 9.73. The van der Waals surface area contributed by atoms with Gasteiger partial charge in [0.1, 0.15) is 6.23 Å². The molecular formula is C12H17NO. The molecule has 1 aromatic rings. The third-order valence-electron chi connectivity index (χ3n) is 2.87. The molecule has 1 atom stereocenters. The molecule has 0 bridgehead atoms. The van der Waals surface area contributed by atoms with E-state index in [0.29, 0.717) is 0 Å². The minimum Gasteiger partial charge on any atom is -0.374 e. The summed E-state index contributed by atoms with van der Waals surface area (Å²) in [7, 11) is 0. The summed E-state index contributed by atoms with van der Waals surface area (Å²) in [4.78, 5) is 2.08. The first-order valence-corrected chi connectivity index (χ1v) is 5.35. The van der Waals surface area contributed by atoms with Gasteiger partial charge in [-0.1, -0.05) is 19.1 Å². The predicted molar refractivity (Wildman–Crippen MR) is 58.4 cm³/mol. The number of aliphatic hydroxyl groups is 1. The van der Waals surface area contributed by atoms with Gasteiger partial charge in [-0.25, -0.2) is 0 Å². The first kappa shape index (κ1) is 9.53. The van der Waals surface area contributed by atoms with E-state index in [1.165, 1.54) is 5.56 Å². The van der Waals surface area contributed by atoms with Gasteiger partial charge in [0.2, 0.25) is 0 Å². The second-order valence-electron chi connectivity index (χ2n) is 3.84. The summed E-state index contributed by atoms with van der Waals surface area (Å²) in [5.41, 5.74) is 2.50. The van der Waals surface area contributed by atoms with Crippen LogP contribution >= 0.6 is 0 Å². The fourth-order valence-electron chi connectivity index (χ4n) is 2.01. The highest BCUT2D eigenvalue weighted by molar-refractivity contribution is 5.49. The zero-order valence-corrected chi connectivity index (χ0v) is 8.61. The molecule has 1 N–H and O–H groups in total. The number of aliphatic hydroxyl groups excluding tert-OH is 1. The van der Waals surface area contributed by atoms with Gasteiger partial charge in [-0.2, -0.15) is 0 Å². The Morgan fingerprint density at radius 1 is 1.50 bits per heavy atom. The van der Waals surface area contributed by atoms with Crippen LogP contribution in [0.2, 0.25) is 0 Å². The summed E-state index contributed by atoms with van der Waals surface area (Å²) in [5, 5.41) is 9.73. The molecule has 0 radical (unpaired) electrons. The Morgan fingerprint density at radius 2 is 2.36 bits per heavy atom. The Bertz CT molecular complexity index is 311. The van der Waals surface area contributed by atoms with Crippen molar-refractivity contribution in [2.75, 3.05) is 11.4 Å². The van der Waals surface area contributed by atoms with Gasteiger partial charge in [-0.3, -0.25) is 0 Å². The number of aryl methyl sites for hydroxylation is 1. The summed E-state index contributed by atoms with van der Waals surface area (Å²) in [6, 6.07) is 8.45. The second kappa shape index (κ2) is 4.01. The lowest BCUT2D eigenvalue weighted by Gasteiger charge is -2.22. The number of rotatable bonds is 2. The number of nitrogens with zero attached hydrogens (tertiary/aromatic N) is 1. The molecule has 1 unspecified atom stereocenters. The number of hydrogen-bond acceptors (Lipinski definition) is 2. The van der Waals surface area contributed by atoms with Crippen molar-refractivity contribution in [2.45, 2.75) is 32.4 Å². The van der Waals surface area contributed by atoms with E-state index in [1.807, 2.05) is 0 Å². The highest BCUT2D eigenvalue weighted by Crippen LogP contribution is 2.24. The molecule has 0 amide bonds. The number of hydrogen-bond donors (Lipinski definition) is 1. The molecule has 1 fully saturated rings. The van der Waals surface area contributed by atoms with Gasteiger partial charge < -0.3 is 10.0 Å². The summed E-state index contributed by atoms with van der Waals surface area (Å²) in [6.45, 7) is 3.13. The van der Waals surface area contributed by atoms with Crippen molar-refractivity contribution >= 4 is 5.69 Å². The average molecular weight is 191 g/mol. The minimum absolute atomic E-state index is 0.276. The fourth-order valence-corrected chi connectivity index (χ4v) is 2.01. The molecule has 2 nitrogen and oxygen atoms in total. The molecule has 1 saturated heterocycles. The van der Waals surface area contributed by atoms with E-state index in [9.17, 15) is 5.11 Å². The molecule has 1 aliphatic rings. The van der Waals surface area contributed by atoms with Crippen molar-refractivity contribution in [1.82, 2.24) is 0 Å². The van der Waals surface area contributed by atoms with Crippen LogP contribution in [0.3, 0.4) is 0 Å². The first-order chi connectivity index (χ1) is 6.81. The van der Waals surface area contributed by atoms with Crippen LogP contribution in [0, 0.1) is 0 Å². The van der Waals surface area contributed by atoms with E-state index >= 15 is 0 Å². The van der Waals surface area contributed by atoms with Crippen LogP contribution in [0.4, 0.5) is 5.69 Å². The van der Waals surface area contributed by atoms with E-state index in [2.05, 4.69) is 36.1 Å². The highest BCUT2D eigenvalue weighted by atomic mass is 16.3. The van der Waals surface area contributed by atoms with Crippen LogP contribution in [-0.2, 0) is 6.42 Å². The van der Waals surface area contributed by atoms with Crippen molar-refractivity contribution < 1.29 is 5.11 Å². The van der Waals surface area contributed by atoms with Gasteiger partial charge in [-0.15, -0.1) is 0 Å². The molecule has 14 heavy (non-hydrogen) atoms. The second-order valence-corrected chi connectivity index (χ2v) is 3.84. The van der Waals surface area contributed by atoms with E-state index in [0.717, 1.165) is 31.5 Å². The Balaban J connectivity index is 2.22. The Labute approximate surface area is 85.2 Å². The monoisotopic (exact) mass is 191 g/mol. The van der Waals surface area contributed by atoms with Gasteiger partial charge in [0.15, 0.2) is 0 Å². The van der Waals surface area contributed by atoms with Crippen LogP contribution in [0.25, 0.3) is 0 Å². The maximum absolute atomic E-state index is 9.73. The third-order valence-corrected chi connectivity index (χ3v) is 2.87. The summed E-state index contributed by atoms with van der Waals surface area (Å²) >= 11 is 0. The normalized spacial score (nSPS) is 21.6. The lowest BCUT2D eigenvalue weighted by atomic mass is 10.1. The van der Waals surface area contributed by atoms with Crippen LogP contribution in [-0.4, -0.2) is 17.9 Å². The fraction of sp³-hybridized carbons (Fsp3) is 0.500. The third kappa shape index (κ3) is 1.75. The quantitative estimate of drug-likeness (QED) is 0.774. The molecule has 1 aromatic carbocycles.